The normalized spacial score (nSPS) is 11.3. The third kappa shape index (κ3) is 3.57. The minimum atomic E-state index is -1.00. The summed E-state index contributed by atoms with van der Waals surface area (Å²) in [5.74, 6) is -2.43. The van der Waals surface area contributed by atoms with E-state index in [2.05, 4.69) is 14.7 Å². The molecule has 0 fully saturated rings. The minimum absolute atomic E-state index is 0.00485. The third-order valence-electron chi connectivity index (χ3n) is 4.77. The summed E-state index contributed by atoms with van der Waals surface area (Å²) in [6, 6.07) is 2.88. The molecule has 1 N–H and O–H groups in total. The van der Waals surface area contributed by atoms with Crippen molar-refractivity contribution in [3.8, 4) is 11.3 Å². The molecule has 0 unspecified atom stereocenters. The lowest BCUT2D eigenvalue weighted by Gasteiger charge is -2.04. The van der Waals surface area contributed by atoms with Crippen molar-refractivity contribution in [3.05, 3.63) is 61.2 Å². The van der Waals surface area contributed by atoms with Crippen molar-refractivity contribution in [2.45, 2.75) is 13.3 Å². The molecule has 160 valence electrons. The van der Waals surface area contributed by atoms with Crippen LogP contribution in [0.2, 0.25) is 0 Å². The standard InChI is InChI=1S/C19H15F2N5O3S2/c1-8-4-5-9(15(21)14(8)20)11-7-30-18(22-11)23-12(27)6-10-13-16(28)25(2)19(29)26(3)17(13)31-24-10/h4-5,7H,6H2,1-3H3,(H,22,23,27). The third-order valence-corrected chi connectivity index (χ3v) is 6.49. The summed E-state index contributed by atoms with van der Waals surface area (Å²) in [6.45, 7) is 1.46. The number of carbonyl (C=O) groups excluding carboxylic acids is 1. The van der Waals surface area contributed by atoms with Gasteiger partial charge in [-0.3, -0.25) is 18.7 Å². The highest BCUT2D eigenvalue weighted by molar-refractivity contribution is 7.14. The summed E-state index contributed by atoms with van der Waals surface area (Å²) in [6.07, 6.45) is -0.212. The van der Waals surface area contributed by atoms with E-state index >= 15 is 0 Å². The Balaban J connectivity index is 1.58. The van der Waals surface area contributed by atoms with Gasteiger partial charge in [-0.05, 0) is 30.1 Å². The van der Waals surface area contributed by atoms with Gasteiger partial charge in [0.25, 0.3) is 5.56 Å². The second-order valence-electron chi connectivity index (χ2n) is 6.84. The van der Waals surface area contributed by atoms with Gasteiger partial charge in [0, 0.05) is 25.0 Å². The maximum absolute atomic E-state index is 14.2. The van der Waals surface area contributed by atoms with Crippen LogP contribution in [0.25, 0.3) is 21.5 Å². The Bertz CT molecular complexity index is 1470. The predicted octanol–water partition coefficient (Wildman–Crippen LogP) is 2.59. The number of anilines is 1. The van der Waals surface area contributed by atoms with Crippen molar-refractivity contribution in [2.75, 3.05) is 5.32 Å². The highest BCUT2D eigenvalue weighted by atomic mass is 32.1. The number of fused-ring (bicyclic) bond motifs is 1. The Kier molecular flexibility index (Phi) is 5.27. The SMILES string of the molecule is Cc1ccc(-c2csc(NC(=O)Cc3nsc4c3c(=O)n(C)c(=O)n4C)n2)c(F)c1F. The smallest absolute Gasteiger partial charge is 0.302 e. The Labute approximate surface area is 181 Å². The van der Waals surface area contributed by atoms with Crippen LogP contribution in [-0.4, -0.2) is 24.4 Å². The minimum Gasteiger partial charge on any atom is -0.302 e. The van der Waals surface area contributed by atoms with Crippen LogP contribution in [0, 0.1) is 18.6 Å². The van der Waals surface area contributed by atoms with Gasteiger partial charge in [-0.1, -0.05) is 6.07 Å². The summed E-state index contributed by atoms with van der Waals surface area (Å²) < 4.78 is 34.4. The van der Waals surface area contributed by atoms with Crippen LogP contribution >= 0.6 is 22.9 Å². The molecular weight excluding hydrogens is 448 g/mol. The van der Waals surface area contributed by atoms with Crippen LogP contribution in [0.1, 0.15) is 11.3 Å². The summed E-state index contributed by atoms with van der Waals surface area (Å²) in [5.41, 5.74) is -0.383. The van der Waals surface area contributed by atoms with Crippen molar-refractivity contribution in [1.82, 2.24) is 18.5 Å². The van der Waals surface area contributed by atoms with E-state index in [1.807, 2.05) is 0 Å². The van der Waals surface area contributed by atoms with Gasteiger partial charge < -0.3 is 5.32 Å². The predicted molar refractivity (Wildman–Crippen MR) is 115 cm³/mol. The number of thiazole rings is 1. The number of nitrogens with zero attached hydrogens (tertiary/aromatic N) is 4. The first-order valence-electron chi connectivity index (χ1n) is 8.93. The zero-order valence-corrected chi connectivity index (χ0v) is 18.2. The molecule has 3 aromatic heterocycles. The highest BCUT2D eigenvalue weighted by Gasteiger charge is 2.20. The second kappa shape index (κ2) is 7.78. The summed E-state index contributed by atoms with van der Waals surface area (Å²) in [4.78, 5) is 41.5. The van der Waals surface area contributed by atoms with Crippen LogP contribution in [0.4, 0.5) is 13.9 Å². The average Bonchev–Trinajstić information content (AvgIpc) is 3.36. The van der Waals surface area contributed by atoms with Crippen LogP contribution in [-0.2, 0) is 25.3 Å². The molecule has 31 heavy (non-hydrogen) atoms. The number of aryl methyl sites for hydroxylation is 2. The highest BCUT2D eigenvalue weighted by Crippen LogP contribution is 2.29. The number of aromatic nitrogens is 4. The van der Waals surface area contributed by atoms with Crippen molar-refractivity contribution in [2.24, 2.45) is 14.1 Å². The van der Waals surface area contributed by atoms with Gasteiger partial charge in [0.15, 0.2) is 16.8 Å². The van der Waals surface area contributed by atoms with Crippen LogP contribution in [0.15, 0.2) is 27.1 Å². The van der Waals surface area contributed by atoms with E-state index < -0.39 is 28.8 Å². The molecule has 0 saturated carbocycles. The van der Waals surface area contributed by atoms with Crippen molar-refractivity contribution >= 4 is 44.1 Å². The number of nitrogens with one attached hydrogen (secondary N) is 1. The monoisotopic (exact) mass is 463 g/mol. The molecule has 0 aliphatic carbocycles. The van der Waals surface area contributed by atoms with E-state index in [1.54, 1.807) is 0 Å². The molecule has 0 aliphatic heterocycles. The molecule has 8 nitrogen and oxygen atoms in total. The molecule has 1 aromatic carbocycles. The fraction of sp³-hybridized carbons (Fsp3) is 0.211. The van der Waals surface area contributed by atoms with Crippen LogP contribution in [0.5, 0.6) is 0 Å². The molecule has 4 rings (SSSR count). The zero-order valence-electron chi connectivity index (χ0n) is 16.5. The van der Waals surface area contributed by atoms with E-state index in [1.165, 1.54) is 43.1 Å². The molecule has 1 amide bonds. The van der Waals surface area contributed by atoms with Gasteiger partial charge in [-0.2, -0.15) is 4.37 Å². The molecular formula is C19H15F2N5O3S2. The number of halogens is 2. The maximum Gasteiger partial charge on any atom is 0.331 e. The molecule has 3 heterocycles. The molecule has 4 aromatic rings. The largest absolute Gasteiger partial charge is 0.331 e. The first-order valence-corrected chi connectivity index (χ1v) is 10.6. The second-order valence-corrected chi connectivity index (χ2v) is 8.45. The molecule has 0 atom stereocenters. The van der Waals surface area contributed by atoms with E-state index in [0.29, 0.717) is 4.83 Å². The number of hydrogen-bond acceptors (Lipinski definition) is 7. The number of amides is 1. The van der Waals surface area contributed by atoms with Gasteiger partial charge in [0.2, 0.25) is 5.91 Å². The van der Waals surface area contributed by atoms with E-state index in [4.69, 9.17) is 0 Å². The lowest BCUT2D eigenvalue weighted by Crippen LogP contribution is -2.36. The van der Waals surface area contributed by atoms with Crippen molar-refractivity contribution in [1.29, 1.82) is 0 Å². The number of rotatable bonds is 4. The fourth-order valence-corrected chi connectivity index (χ4v) is 4.63. The Hall–Kier alpha value is -3.25. The maximum atomic E-state index is 14.2. The molecule has 12 heteroatoms. The average molecular weight is 463 g/mol. The number of hydrogen-bond donors (Lipinski definition) is 1. The van der Waals surface area contributed by atoms with Gasteiger partial charge in [0.05, 0.1) is 23.2 Å². The molecule has 0 radical (unpaired) electrons. The zero-order chi connectivity index (χ0) is 22.4. The Morgan fingerprint density at radius 3 is 2.65 bits per heavy atom. The Morgan fingerprint density at radius 2 is 1.90 bits per heavy atom. The quantitative estimate of drug-likeness (QED) is 0.502. The van der Waals surface area contributed by atoms with Gasteiger partial charge >= 0.3 is 5.69 Å². The molecule has 0 bridgehead atoms. The first-order chi connectivity index (χ1) is 14.7. The summed E-state index contributed by atoms with van der Waals surface area (Å²) in [5, 5.41) is 4.49. The van der Waals surface area contributed by atoms with Crippen LogP contribution in [0.3, 0.4) is 0 Å². The lowest BCUT2D eigenvalue weighted by atomic mass is 10.1. The van der Waals surface area contributed by atoms with Gasteiger partial charge in [0.1, 0.15) is 4.83 Å². The fourth-order valence-electron chi connectivity index (χ4n) is 3.06. The van der Waals surface area contributed by atoms with E-state index in [-0.39, 0.29) is 39.5 Å². The number of benzene rings is 1. The summed E-state index contributed by atoms with van der Waals surface area (Å²) in [7, 11) is 2.88. The van der Waals surface area contributed by atoms with Crippen molar-refractivity contribution in [3.63, 3.8) is 0 Å². The Morgan fingerprint density at radius 1 is 1.16 bits per heavy atom. The van der Waals surface area contributed by atoms with Gasteiger partial charge in [-0.25, -0.2) is 18.6 Å². The van der Waals surface area contributed by atoms with E-state index in [0.717, 1.165) is 27.4 Å². The number of carbonyl (C=O) groups is 1. The first kappa shape index (κ1) is 21.0. The van der Waals surface area contributed by atoms with Crippen molar-refractivity contribution < 1.29 is 13.6 Å². The lowest BCUT2D eigenvalue weighted by molar-refractivity contribution is -0.115. The molecule has 0 spiro atoms. The molecule has 0 saturated heterocycles. The molecule has 0 aliphatic rings. The topological polar surface area (TPSA) is 98.9 Å². The summed E-state index contributed by atoms with van der Waals surface area (Å²) >= 11 is 2.02. The van der Waals surface area contributed by atoms with Gasteiger partial charge in [-0.15, -0.1) is 11.3 Å². The van der Waals surface area contributed by atoms with Crippen LogP contribution < -0.4 is 16.6 Å². The van der Waals surface area contributed by atoms with E-state index in [9.17, 15) is 23.2 Å².